The molecule has 6 nitrogen and oxygen atoms in total. The smallest absolute Gasteiger partial charge is 0.317 e. The van der Waals surface area contributed by atoms with Gasteiger partial charge in [0.1, 0.15) is 17.5 Å². The second-order valence-electron chi connectivity index (χ2n) is 6.17. The Balaban J connectivity index is 1.56. The molecule has 0 aliphatic carbocycles. The van der Waals surface area contributed by atoms with E-state index >= 15 is 0 Å². The van der Waals surface area contributed by atoms with Gasteiger partial charge in [-0.05, 0) is 24.3 Å². The molecule has 2 aromatic heterocycles. The molecule has 0 saturated carbocycles. The summed E-state index contributed by atoms with van der Waals surface area (Å²) in [6, 6.07) is 5.24. The number of anilines is 1. The van der Waals surface area contributed by atoms with Gasteiger partial charge in [-0.15, -0.1) is 0 Å². The Morgan fingerprint density at radius 2 is 1.89 bits per heavy atom. The molecule has 3 heterocycles. The monoisotopic (exact) mass is 407 g/mol. The Bertz CT molecular complexity index is 1070. The lowest BCUT2D eigenvalue weighted by Crippen LogP contribution is -2.41. The lowest BCUT2D eigenvalue weighted by Gasteiger charge is -2.28. The van der Waals surface area contributed by atoms with E-state index in [1.54, 1.807) is 4.68 Å². The molecule has 4 rings (SSSR count). The number of nitrogens with zero attached hydrogens (tertiary/aromatic N) is 4. The van der Waals surface area contributed by atoms with Gasteiger partial charge in [-0.3, -0.25) is 10.00 Å². The van der Waals surface area contributed by atoms with E-state index in [1.165, 1.54) is 29.3 Å². The molecule has 0 saturated heterocycles. The largest absolute Gasteiger partial charge is 0.323 e. The Kier molecular flexibility index (Phi) is 4.68. The number of carbonyl (C=O) groups is 1. The Morgan fingerprint density at radius 1 is 1.07 bits per heavy atom. The highest BCUT2D eigenvalue weighted by atomic mass is 35.5. The summed E-state index contributed by atoms with van der Waals surface area (Å²) in [6.45, 7) is 0.927. The summed E-state index contributed by atoms with van der Waals surface area (Å²) >= 11 is 5.63. The minimum atomic E-state index is -0.706. The SMILES string of the molecule is O=C(Nc1ccc(F)c(Cl)n1)N1CCn2ncc(-c3ccc(F)cc3F)c2C1. The van der Waals surface area contributed by atoms with Crippen molar-refractivity contribution in [3.8, 4) is 11.1 Å². The van der Waals surface area contributed by atoms with E-state index < -0.39 is 23.5 Å². The van der Waals surface area contributed by atoms with Gasteiger partial charge in [0.05, 0.1) is 25.0 Å². The number of hydrogen-bond acceptors (Lipinski definition) is 3. The molecule has 0 spiro atoms. The molecule has 2 amide bonds. The fraction of sp³-hybridized carbons (Fsp3) is 0.167. The van der Waals surface area contributed by atoms with Gasteiger partial charge in [0.15, 0.2) is 11.0 Å². The molecule has 10 heteroatoms. The van der Waals surface area contributed by atoms with Crippen LogP contribution >= 0.6 is 11.6 Å². The molecule has 0 radical (unpaired) electrons. The van der Waals surface area contributed by atoms with E-state index in [0.717, 1.165) is 12.1 Å². The fourth-order valence-electron chi connectivity index (χ4n) is 3.03. The van der Waals surface area contributed by atoms with Crippen LogP contribution < -0.4 is 5.32 Å². The maximum absolute atomic E-state index is 14.2. The van der Waals surface area contributed by atoms with Crippen LogP contribution in [0.2, 0.25) is 5.15 Å². The zero-order valence-corrected chi connectivity index (χ0v) is 15.1. The van der Waals surface area contributed by atoms with E-state index in [2.05, 4.69) is 15.4 Å². The average molecular weight is 408 g/mol. The number of rotatable bonds is 2. The van der Waals surface area contributed by atoms with Crippen LogP contribution in [0.15, 0.2) is 36.5 Å². The highest BCUT2D eigenvalue weighted by Gasteiger charge is 2.26. The van der Waals surface area contributed by atoms with Crippen molar-refractivity contribution < 1.29 is 18.0 Å². The van der Waals surface area contributed by atoms with Crippen LogP contribution in [0.4, 0.5) is 23.8 Å². The first-order valence-corrected chi connectivity index (χ1v) is 8.68. The first kappa shape index (κ1) is 18.3. The normalized spacial score (nSPS) is 13.4. The van der Waals surface area contributed by atoms with Crippen molar-refractivity contribution >= 4 is 23.4 Å². The Labute approximate surface area is 162 Å². The molecular formula is C18H13ClF3N5O. The number of carbonyl (C=O) groups excluding carboxylic acids is 1. The molecule has 1 N–H and O–H groups in total. The molecule has 3 aromatic rings. The van der Waals surface area contributed by atoms with Crippen molar-refractivity contribution in [2.75, 3.05) is 11.9 Å². The maximum atomic E-state index is 14.2. The number of fused-ring (bicyclic) bond motifs is 1. The predicted molar refractivity (Wildman–Crippen MR) is 96.2 cm³/mol. The van der Waals surface area contributed by atoms with Gasteiger partial charge in [-0.1, -0.05) is 11.6 Å². The number of benzene rings is 1. The highest BCUT2D eigenvalue weighted by Crippen LogP contribution is 2.29. The number of urea groups is 1. The topological polar surface area (TPSA) is 63.1 Å². The van der Waals surface area contributed by atoms with E-state index in [9.17, 15) is 18.0 Å². The molecule has 0 atom stereocenters. The van der Waals surface area contributed by atoms with Gasteiger partial charge in [-0.2, -0.15) is 5.10 Å². The lowest BCUT2D eigenvalue weighted by atomic mass is 10.0. The third kappa shape index (κ3) is 3.40. The van der Waals surface area contributed by atoms with Crippen LogP contribution in [0.3, 0.4) is 0 Å². The zero-order valence-electron chi connectivity index (χ0n) is 14.3. The van der Waals surface area contributed by atoms with Crippen molar-refractivity contribution in [3.63, 3.8) is 0 Å². The minimum absolute atomic E-state index is 0.111. The van der Waals surface area contributed by atoms with Crippen molar-refractivity contribution in [2.24, 2.45) is 0 Å². The van der Waals surface area contributed by atoms with Crippen LogP contribution in [-0.2, 0) is 13.1 Å². The second kappa shape index (κ2) is 7.16. The van der Waals surface area contributed by atoms with Gasteiger partial charge >= 0.3 is 6.03 Å². The molecule has 1 aliphatic heterocycles. The minimum Gasteiger partial charge on any atom is -0.317 e. The maximum Gasteiger partial charge on any atom is 0.323 e. The number of amides is 2. The van der Waals surface area contributed by atoms with Crippen LogP contribution in [0.25, 0.3) is 11.1 Å². The van der Waals surface area contributed by atoms with Crippen LogP contribution in [-0.4, -0.2) is 32.2 Å². The molecule has 1 aromatic carbocycles. The third-order valence-corrected chi connectivity index (χ3v) is 4.68. The molecule has 28 heavy (non-hydrogen) atoms. The third-order valence-electron chi connectivity index (χ3n) is 4.42. The van der Waals surface area contributed by atoms with Gasteiger partial charge in [0.2, 0.25) is 0 Å². The quantitative estimate of drug-likeness (QED) is 0.651. The van der Waals surface area contributed by atoms with Crippen molar-refractivity contribution in [1.82, 2.24) is 19.7 Å². The summed E-state index contributed by atoms with van der Waals surface area (Å²) in [4.78, 5) is 17.8. The summed E-state index contributed by atoms with van der Waals surface area (Å²) in [5, 5.41) is 6.43. The standard InChI is InChI=1S/C18H13ClF3N5O/c19-17-13(21)3-4-16(24-17)25-18(28)26-5-6-27-15(9-26)12(8-23-27)11-2-1-10(20)7-14(11)22/h1-4,7-8H,5-6,9H2,(H,24,25,28). The van der Waals surface area contributed by atoms with Gasteiger partial charge in [0, 0.05) is 23.7 Å². The van der Waals surface area contributed by atoms with Crippen LogP contribution in [0.5, 0.6) is 0 Å². The molecule has 0 unspecified atom stereocenters. The highest BCUT2D eigenvalue weighted by molar-refractivity contribution is 6.29. The number of nitrogens with one attached hydrogen (secondary N) is 1. The van der Waals surface area contributed by atoms with E-state index in [0.29, 0.717) is 24.3 Å². The molecule has 0 bridgehead atoms. The second-order valence-corrected chi connectivity index (χ2v) is 6.53. The number of aromatic nitrogens is 3. The zero-order chi connectivity index (χ0) is 19.8. The van der Waals surface area contributed by atoms with Crippen molar-refractivity contribution in [3.05, 3.63) is 64.8 Å². The van der Waals surface area contributed by atoms with Gasteiger partial charge in [0.25, 0.3) is 0 Å². The Morgan fingerprint density at radius 3 is 2.64 bits per heavy atom. The first-order chi connectivity index (χ1) is 13.4. The first-order valence-electron chi connectivity index (χ1n) is 8.30. The average Bonchev–Trinajstić information content (AvgIpc) is 3.08. The van der Waals surface area contributed by atoms with E-state index in [4.69, 9.17) is 11.6 Å². The van der Waals surface area contributed by atoms with Crippen molar-refractivity contribution in [2.45, 2.75) is 13.1 Å². The number of hydrogen-bond donors (Lipinski definition) is 1. The molecule has 1 aliphatic rings. The van der Waals surface area contributed by atoms with Crippen LogP contribution in [0.1, 0.15) is 5.69 Å². The van der Waals surface area contributed by atoms with E-state index in [1.807, 2.05) is 0 Å². The number of halogens is 4. The molecular weight excluding hydrogens is 395 g/mol. The van der Waals surface area contributed by atoms with Crippen LogP contribution in [0, 0.1) is 17.5 Å². The lowest BCUT2D eigenvalue weighted by molar-refractivity contribution is 0.194. The van der Waals surface area contributed by atoms with Gasteiger partial charge in [-0.25, -0.2) is 22.9 Å². The molecule has 0 fully saturated rings. The number of pyridine rings is 1. The summed E-state index contributed by atoms with van der Waals surface area (Å²) < 4.78 is 42.2. The fourth-order valence-corrected chi connectivity index (χ4v) is 3.18. The van der Waals surface area contributed by atoms with Crippen molar-refractivity contribution in [1.29, 1.82) is 0 Å². The van der Waals surface area contributed by atoms with E-state index in [-0.39, 0.29) is 23.1 Å². The van der Waals surface area contributed by atoms with Gasteiger partial charge < -0.3 is 4.90 Å². The summed E-state index contributed by atoms with van der Waals surface area (Å²) in [5.41, 5.74) is 1.31. The Hall–Kier alpha value is -3.07. The summed E-state index contributed by atoms with van der Waals surface area (Å²) in [6.07, 6.45) is 1.49. The molecule has 144 valence electrons. The summed E-state index contributed by atoms with van der Waals surface area (Å²) in [7, 11) is 0. The predicted octanol–water partition coefficient (Wildman–Crippen LogP) is 4.06. The summed E-state index contributed by atoms with van der Waals surface area (Å²) in [5.74, 6) is -1.95.